The Morgan fingerprint density at radius 1 is 1.15 bits per heavy atom. The van der Waals surface area contributed by atoms with Crippen LogP contribution in [0.2, 0.25) is 0 Å². The fraction of sp³-hybridized carbons (Fsp3) is 0.929. The van der Waals surface area contributed by atoms with E-state index in [1.165, 1.54) is 12.8 Å². The second-order valence-electron chi connectivity index (χ2n) is 5.44. The van der Waals surface area contributed by atoms with Crippen LogP contribution in [0.25, 0.3) is 0 Å². The maximum atomic E-state index is 12.4. The van der Waals surface area contributed by atoms with E-state index in [2.05, 4.69) is 12.2 Å². The minimum atomic E-state index is -2.93. The highest BCUT2D eigenvalue weighted by molar-refractivity contribution is 7.91. The first-order valence-electron chi connectivity index (χ1n) is 7.72. The number of amides is 1. The van der Waals surface area contributed by atoms with Crippen molar-refractivity contribution in [3.63, 3.8) is 0 Å². The molecule has 1 atom stereocenters. The summed E-state index contributed by atoms with van der Waals surface area (Å²) in [4.78, 5) is 14.1. The van der Waals surface area contributed by atoms with Crippen molar-refractivity contribution in [2.45, 2.75) is 52.0 Å². The number of nitrogens with zero attached hydrogens (tertiary/aromatic N) is 1. The molecule has 1 aliphatic heterocycles. The van der Waals surface area contributed by atoms with Crippen LogP contribution in [0.15, 0.2) is 0 Å². The highest BCUT2D eigenvalue weighted by Crippen LogP contribution is 2.11. The Kier molecular flexibility index (Phi) is 7.51. The minimum Gasteiger partial charge on any atom is -0.339 e. The van der Waals surface area contributed by atoms with Gasteiger partial charge in [0.05, 0.1) is 17.5 Å². The van der Waals surface area contributed by atoms with Crippen LogP contribution >= 0.6 is 0 Å². The number of carbonyl (C=O) groups is 1. The Hall–Kier alpha value is -0.620. The Bertz CT molecular complexity index is 381. The van der Waals surface area contributed by atoms with Crippen molar-refractivity contribution in [3.8, 4) is 0 Å². The lowest BCUT2D eigenvalue weighted by molar-refractivity contribution is -0.133. The average molecular weight is 304 g/mol. The SMILES string of the molecule is CCCCCCC(NCC)C(=O)N1CCS(=O)(=O)CC1. The zero-order valence-corrected chi connectivity index (χ0v) is 13.5. The summed E-state index contributed by atoms with van der Waals surface area (Å²) in [6, 6.07) is -0.155. The third-order valence-electron chi connectivity index (χ3n) is 3.75. The molecule has 1 amide bonds. The van der Waals surface area contributed by atoms with Gasteiger partial charge in [0.1, 0.15) is 0 Å². The van der Waals surface area contributed by atoms with Gasteiger partial charge in [0.15, 0.2) is 9.84 Å². The molecule has 0 aliphatic carbocycles. The van der Waals surface area contributed by atoms with Crippen molar-refractivity contribution in [2.24, 2.45) is 0 Å². The molecule has 0 saturated carbocycles. The van der Waals surface area contributed by atoms with Gasteiger partial charge in [0, 0.05) is 13.1 Å². The molecule has 1 aliphatic rings. The molecule has 0 aromatic heterocycles. The lowest BCUT2D eigenvalue weighted by Gasteiger charge is -2.30. The van der Waals surface area contributed by atoms with Crippen molar-refractivity contribution in [3.05, 3.63) is 0 Å². The van der Waals surface area contributed by atoms with Crippen LogP contribution in [-0.2, 0) is 14.6 Å². The van der Waals surface area contributed by atoms with Gasteiger partial charge in [-0.3, -0.25) is 4.79 Å². The van der Waals surface area contributed by atoms with Gasteiger partial charge >= 0.3 is 0 Å². The van der Waals surface area contributed by atoms with Gasteiger partial charge in [-0.25, -0.2) is 8.42 Å². The number of likely N-dealkylation sites (N-methyl/N-ethyl adjacent to an activating group) is 1. The van der Waals surface area contributed by atoms with E-state index >= 15 is 0 Å². The molecule has 0 bridgehead atoms. The number of nitrogens with one attached hydrogen (secondary N) is 1. The van der Waals surface area contributed by atoms with Gasteiger partial charge < -0.3 is 10.2 Å². The fourth-order valence-electron chi connectivity index (χ4n) is 2.49. The number of sulfone groups is 1. The first-order valence-corrected chi connectivity index (χ1v) is 9.55. The number of hydrogen-bond acceptors (Lipinski definition) is 4. The quantitative estimate of drug-likeness (QED) is 0.684. The van der Waals surface area contributed by atoms with Crippen LogP contribution in [0.4, 0.5) is 0 Å². The maximum Gasteiger partial charge on any atom is 0.239 e. The van der Waals surface area contributed by atoms with Gasteiger partial charge in [-0.2, -0.15) is 0 Å². The van der Waals surface area contributed by atoms with Gasteiger partial charge in [-0.05, 0) is 13.0 Å². The van der Waals surface area contributed by atoms with E-state index in [0.717, 1.165) is 25.8 Å². The van der Waals surface area contributed by atoms with Crippen molar-refractivity contribution in [1.29, 1.82) is 0 Å². The molecular weight excluding hydrogens is 276 g/mol. The zero-order valence-electron chi connectivity index (χ0n) is 12.7. The molecule has 1 saturated heterocycles. The Labute approximate surface area is 123 Å². The average Bonchev–Trinajstić information content (AvgIpc) is 2.41. The molecule has 1 N–H and O–H groups in total. The molecule has 1 unspecified atom stereocenters. The number of hydrogen-bond donors (Lipinski definition) is 1. The molecule has 0 spiro atoms. The van der Waals surface area contributed by atoms with Gasteiger partial charge in [-0.15, -0.1) is 0 Å². The van der Waals surface area contributed by atoms with E-state index in [9.17, 15) is 13.2 Å². The molecule has 0 aromatic carbocycles. The largest absolute Gasteiger partial charge is 0.339 e. The molecule has 1 fully saturated rings. The third-order valence-corrected chi connectivity index (χ3v) is 5.36. The molecule has 0 aromatic rings. The molecule has 1 heterocycles. The second kappa shape index (κ2) is 8.62. The molecule has 20 heavy (non-hydrogen) atoms. The van der Waals surface area contributed by atoms with Crippen LogP contribution < -0.4 is 5.32 Å². The zero-order chi connectivity index (χ0) is 15.0. The topological polar surface area (TPSA) is 66.5 Å². The van der Waals surface area contributed by atoms with Crippen molar-refractivity contribution in [2.75, 3.05) is 31.1 Å². The first-order chi connectivity index (χ1) is 9.50. The Balaban J connectivity index is 2.47. The van der Waals surface area contributed by atoms with Crippen LogP contribution in [0.3, 0.4) is 0 Å². The first kappa shape index (κ1) is 17.4. The summed E-state index contributed by atoms with van der Waals surface area (Å²) in [7, 11) is -2.93. The van der Waals surface area contributed by atoms with Gasteiger partial charge in [-0.1, -0.05) is 39.5 Å². The smallest absolute Gasteiger partial charge is 0.239 e. The maximum absolute atomic E-state index is 12.4. The van der Waals surface area contributed by atoms with Crippen molar-refractivity contribution in [1.82, 2.24) is 10.2 Å². The predicted octanol–water partition coefficient (Wildman–Crippen LogP) is 1.19. The van der Waals surface area contributed by atoms with E-state index in [1.54, 1.807) is 4.90 Å². The lowest BCUT2D eigenvalue weighted by atomic mass is 10.1. The minimum absolute atomic E-state index is 0.0678. The van der Waals surface area contributed by atoms with E-state index < -0.39 is 9.84 Å². The van der Waals surface area contributed by atoms with Crippen LogP contribution in [0.5, 0.6) is 0 Å². The summed E-state index contributed by atoms with van der Waals surface area (Å²) >= 11 is 0. The van der Waals surface area contributed by atoms with Crippen molar-refractivity contribution < 1.29 is 13.2 Å². The van der Waals surface area contributed by atoms with E-state index in [-0.39, 0.29) is 23.5 Å². The van der Waals surface area contributed by atoms with E-state index in [4.69, 9.17) is 0 Å². The van der Waals surface area contributed by atoms with Gasteiger partial charge in [0.2, 0.25) is 5.91 Å². The second-order valence-corrected chi connectivity index (χ2v) is 7.74. The fourth-order valence-corrected chi connectivity index (χ4v) is 3.69. The molecule has 0 radical (unpaired) electrons. The number of unbranched alkanes of at least 4 members (excludes halogenated alkanes) is 3. The Morgan fingerprint density at radius 2 is 1.80 bits per heavy atom. The summed E-state index contributed by atoms with van der Waals surface area (Å²) in [5.41, 5.74) is 0. The predicted molar refractivity (Wildman–Crippen MR) is 81.5 cm³/mol. The monoisotopic (exact) mass is 304 g/mol. The Morgan fingerprint density at radius 3 is 2.35 bits per heavy atom. The number of rotatable bonds is 8. The standard InChI is InChI=1S/C14H28N2O3S/c1-3-5-6-7-8-13(15-4-2)14(17)16-9-11-20(18,19)12-10-16/h13,15H,3-12H2,1-2H3. The van der Waals surface area contributed by atoms with Crippen LogP contribution in [0, 0.1) is 0 Å². The number of carbonyl (C=O) groups excluding carboxylic acids is 1. The molecule has 1 rings (SSSR count). The highest BCUT2D eigenvalue weighted by Gasteiger charge is 2.28. The van der Waals surface area contributed by atoms with E-state index in [1.807, 2.05) is 6.92 Å². The summed E-state index contributed by atoms with van der Waals surface area (Å²) in [5, 5.41) is 3.24. The highest BCUT2D eigenvalue weighted by atomic mass is 32.2. The lowest BCUT2D eigenvalue weighted by Crippen LogP contribution is -2.51. The van der Waals surface area contributed by atoms with Crippen LogP contribution in [0.1, 0.15) is 46.0 Å². The summed E-state index contributed by atoms with van der Waals surface area (Å²) in [6.45, 7) is 5.61. The van der Waals surface area contributed by atoms with Crippen molar-refractivity contribution >= 4 is 15.7 Å². The molecule has 5 nitrogen and oxygen atoms in total. The van der Waals surface area contributed by atoms with Crippen LogP contribution in [-0.4, -0.2) is 56.4 Å². The molecular formula is C14H28N2O3S. The summed E-state index contributed by atoms with van der Waals surface area (Å²) in [6.07, 6.45) is 5.43. The third kappa shape index (κ3) is 5.79. The summed E-state index contributed by atoms with van der Waals surface area (Å²) in [5.74, 6) is 0.277. The molecule has 118 valence electrons. The normalized spacial score (nSPS) is 19.8. The molecule has 6 heteroatoms. The van der Waals surface area contributed by atoms with E-state index in [0.29, 0.717) is 13.1 Å². The summed E-state index contributed by atoms with van der Waals surface area (Å²) < 4.78 is 22.8. The van der Waals surface area contributed by atoms with Gasteiger partial charge in [0.25, 0.3) is 0 Å².